The summed E-state index contributed by atoms with van der Waals surface area (Å²) in [6, 6.07) is 5.64. The number of aliphatic hydroxyl groups excluding tert-OH is 2. The fourth-order valence-corrected chi connectivity index (χ4v) is 7.30. The van der Waals surface area contributed by atoms with Gasteiger partial charge in [0.2, 0.25) is 0 Å². The zero-order chi connectivity index (χ0) is 24.7. The number of hydrogen-bond donors (Lipinski definition) is 2. The molecule has 0 unspecified atom stereocenters. The molecule has 1 aromatic heterocycles. The van der Waals surface area contributed by atoms with Crippen LogP contribution in [0.15, 0.2) is 24.4 Å². The van der Waals surface area contributed by atoms with Gasteiger partial charge in [-0.25, -0.2) is 0 Å². The number of likely N-dealkylation sites (tertiary alicyclic amines) is 1. The van der Waals surface area contributed by atoms with Crippen LogP contribution in [0.3, 0.4) is 0 Å². The van der Waals surface area contributed by atoms with Crippen molar-refractivity contribution < 1.29 is 14.9 Å². The highest BCUT2D eigenvalue weighted by Crippen LogP contribution is 2.40. The lowest BCUT2D eigenvalue weighted by Gasteiger charge is -2.41. The number of ether oxygens (including phenoxy) is 1. The molecule has 2 aliphatic rings. The molecule has 35 heavy (non-hydrogen) atoms. The molecule has 1 aromatic carbocycles. The summed E-state index contributed by atoms with van der Waals surface area (Å²) in [6.45, 7) is 3.38. The van der Waals surface area contributed by atoms with Gasteiger partial charge in [0, 0.05) is 29.0 Å². The van der Waals surface area contributed by atoms with Gasteiger partial charge in [0.15, 0.2) is 0 Å². The number of fused-ring (bicyclic) bond motifs is 1. The number of nitrogens with zero attached hydrogens (tertiary/aromatic N) is 2. The van der Waals surface area contributed by atoms with E-state index in [9.17, 15) is 10.2 Å². The average Bonchev–Trinajstić information content (AvgIpc) is 2.90. The molecule has 2 heterocycles. The largest absolute Gasteiger partial charge is 0.497 e. The Morgan fingerprint density at radius 3 is 2.71 bits per heavy atom. The van der Waals surface area contributed by atoms with Crippen molar-refractivity contribution in [2.75, 3.05) is 39.1 Å². The Morgan fingerprint density at radius 2 is 2.00 bits per heavy atom. The molecular weight excluding hydrogens is 480 g/mol. The molecule has 1 saturated carbocycles. The summed E-state index contributed by atoms with van der Waals surface area (Å²) in [4.78, 5) is 6.96. The molecule has 5 nitrogen and oxygen atoms in total. The number of methoxy groups -OCH3 is 1. The molecule has 0 amide bonds. The first-order valence-electron chi connectivity index (χ1n) is 13.3. The van der Waals surface area contributed by atoms with Crippen LogP contribution in [0.25, 0.3) is 10.9 Å². The van der Waals surface area contributed by atoms with Gasteiger partial charge in [-0.1, -0.05) is 30.9 Å². The van der Waals surface area contributed by atoms with Crippen molar-refractivity contribution in [1.82, 2.24) is 9.88 Å². The molecule has 1 atom stereocenters. The van der Waals surface area contributed by atoms with Crippen LogP contribution < -0.4 is 4.74 Å². The summed E-state index contributed by atoms with van der Waals surface area (Å²) in [5.74, 6) is 1.98. The molecule has 2 fully saturated rings. The number of thioether (sulfide) groups is 1. The van der Waals surface area contributed by atoms with Gasteiger partial charge in [-0.3, -0.25) is 4.98 Å². The van der Waals surface area contributed by atoms with Crippen molar-refractivity contribution in [3.05, 3.63) is 35.0 Å². The normalized spacial score (nSPS) is 20.2. The standard InChI is InChI=1S/C28H41ClN2O3S/c1-34-21-8-9-25-23(18-21)27(24(29)19-30-25)26(33)10-11-28(20-32)12-15-31(16-13-28)14-5-17-35-22-6-3-2-4-7-22/h8-9,18-19,22,26,32-33H,2-7,10-17,20H2,1H3/t26-/m1/s1. The predicted octanol–water partition coefficient (Wildman–Crippen LogP) is 6.24. The van der Waals surface area contributed by atoms with Gasteiger partial charge in [-0.05, 0) is 93.9 Å². The lowest BCUT2D eigenvalue weighted by Crippen LogP contribution is -2.42. The van der Waals surface area contributed by atoms with Crippen LogP contribution in [0, 0.1) is 5.41 Å². The Labute approximate surface area is 219 Å². The second kappa shape index (κ2) is 13.0. The molecule has 0 bridgehead atoms. The lowest BCUT2D eigenvalue weighted by molar-refractivity contribution is 0.0238. The number of halogens is 1. The molecule has 7 heteroatoms. The van der Waals surface area contributed by atoms with E-state index in [1.54, 1.807) is 13.3 Å². The summed E-state index contributed by atoms with van der Waals surface area (Å²) in [7, 11) is 1.63. The van der Waals surface area contributed by atoms with Crippen molar-refractivity contribution in [1.29, 1.82) is 0 Å². The maximum Gasteiger partial charge on any atom is 0.119 e. The minimum Gasteiger partial charge on any atom is -0.497 e. The van der Waals surface area contributed by atoms with Gasteiger partial charge < -0.3 is 19.8 Å². The van der Waals surface area contributed by atoms with E-state index in [2.05, 4.69) is 21.6 Å². The van der Waals surface area contributed by atoms with Crippen molar-refractivity contribution in [3.63, 3.8) is 0 Å². The second-order valence-electron chi connectivity index (χ2n) is 10.4. The van der Waals surface area contributed by atoms with Gasteiger partial charge in [-0.15, -0.1) is 0 Å². The molecule has 0 spiro atoms. The number of rotatable bonds is 11. The third-order valence-corrected chi connectivity index (χ3v) is 9.89. The maximum absolute atomic E-state index is 11.2. The van der Waals surface area contributed by atoms with E-state index >= 15 is 0 Å². The van der Waals surface area contributed by atoms with Crippen LogP contribution >= 0.6 is 23.4 Å². The predicted molar refractivity (Wildman–Crippen MR) is 147 cm³/mol. The average molecular weight is 521 g/mol. The molecule has 2 aromatic rings. The van der Waals surface area contributed by atoms with E-state index in [1.165, 1.54) is 44.3 Å². The molecule has 1 aliphatic carbocycles. The summed E-state index contributed by atoms with van der Waals surface area (Å²) < 4.78 is 5.37. The SMILES string of the molecule is COc1ccc2ncc(Cl)c([C@H](O)CCC3(CO)CCN(CCCSC4CCCCC4)CC3)c2c1. The minimum absolute atomic E-state index is 0.124. The molecule has 194 valence electrons. The second-order valence-corrected chi connectivity index (χ2v) is 12.3. The molecule has 1 aliphatic heterocycles. The van der Waals surface area contributed by atoms with Crippen LogP contribution in [0.4, 0.5) is 0 Å². The van der Waals surface area contributed by atoms with Crippen molar-refractivity contribution >= 4 is 34.3 Å². The first-order valence-corrected chi connectivity index (χ1v) is 14.7. The Hall–Kier alpha value is -1.05. The summed E-state index contributed by atoms with van der Waals surface area (Å²) >= 11 is 8.68. The molecule has 4 rings (SSSR count). The van der Waals surface area contributed by atoms with Crippen LogP contribution in [-0.4, -0.2) is 64.5 Å². The third kappa shape index (κ3) is 7.04. The number of aliphatic hydroxyl groups is 2. The summed E-state index contributed by atoms with van der Waals surface area (Å²) in [5.41, 5.74) is 1.37. The first-order chi connectivity index (χ1) is 17.0. The Balaban J connectivity index is 1.28. The Kier molecular flexibility index (Phi) is 9.99. The number of pyridine rings is 1. The smallest absolute Gasteiger partial charge is 0.119 e. The van der Waals surface area contributed by atoms with E-state index in [0.717, 1.165) is 55.0 Å². The zero-order valence-electron chi connectivity index (χ0n) is 21.1. The van der Waals surface area contributed by atoms with Gasteiger partial charge in [0.05, 0.1) is 23.8 Å². The number of benzene rings is 1. The highest BCUT2D eigenvalue weighted by Gasteiger charge is 2.34. The quantitative estimate of drug-likeness (QED) is 0.342. The van der Waals surface area contributed by atoms with Crippen molar-refractivity contribution in [2.24, 2.45) is 5.41 Å². The van der Waals surface area contributed by atoms with Gasteiger partial charge in [-0.2, -0.15) is 11.8 Å². The third-order valence-electron chi connectivity index (χ3n) is 8.13. The molecule has 1 saturated heterocycles. The Bertz CT molecular complexity index is 945. The maximum atomic E-state index is 11.2. The van der Waals surface area contributed by atoms with Gasteiger partial charge >= 0.3 is 0 Å². The van der Waals surface area contributed by atoms with Crippen LogP contribution in [-0.2, 0) is 0 Å². The van der Waals surface area contributed by atoms with E-state index in [1.807, 2.05) is 18.2 Å². The summed E-state index contributed by atoms with van der Waals surface area (Å²) in [6.07, 6.45) is 12.5. The number of hydrogen-bond acceptors (Lipinski definition) is 6. The summed E-state index contributed by atoms with van der Waals surface area (Å²) in [5, 5.41) is 23.7. The monoisotopic (exact) mass is 520 g/mol. The first kappa shape index (κ1) is 27.0. The fraction of sp³-hybridized carbons (Fsp3) is 0.679. The Morgan fingerprint density at radius 1 is 1.23 bits per heavy atom. The van der Waals surface area contributed by atoms with Crippen molar-refractivity contribution in [3.8, 4) is 5.75 Å². The molecule has 0 radical (unpaired) electrons. The van der Waals surface area contributed by atoms with E-state index in [-0.39, 0.29) is 12.0 Å². The van der Waals surface area contributed by atoms with Crippen LogP contribution in [0.1, 0.15) is 75.9 Å². The molecule has 2 N–H and O–H groups in total. The zero-order valence-corrected chi connectivity index (χ0v) is 22.6. The van der Waals surface area contributed by atoms with Gasteiger partial charge in [0.1, 0.15) is 5.75 Å². The van der Waals surface area contributed by atoms with Crippen LogP contribution in [0.5, 0.6) is 5.75 Å². The lowest BCUT2D eigenvalue weighted by atomic mass is 9.74. The fourth-order valence-electron chi connectivity index (χ4n) is 5.73. The van der Waals surface area contributed by atoms with Crippen LogP contribution in [0.2, 0.25) is 5.02 Å². The van der Waals surface area contributed by atoms with Gasteiger partial charge in [0.25, 0.3) is 0 Å². The topological polar surface area (TPSA) is 65.8 Å². The van der Waals surface area contributed by atoms with E-state index in [4.69, 9.17) is 16.3 Å². The van der Waals surface area contributed by atoms with Crippen molar-refractivity contribution in [2.45, 2.75) is 75.6 Å². The number of piperidine rings is 1. The highest BCUT2D eigenvalue weighted by atomic mass is 35.5. The highest BCUT2D eigenvalue weighted by molar-refractivity contribution is 7.99. The number of aromatic nitrogens is 1. The molecular formula is C28H41ClN2O3S. The van der Waals surface area contributed by atoms with E-state index in [0.29, 0.717) is 22.8 Å². The van der Waals surface area contributed by atoms with E-state index < -0.39 is 6.10 Å². The minimum atomic E-state index is -0.710.